The number of hydrogen-bond donors (Lipinski definition) is 4. The molecule has 52 heavy (non-hydrogen) atoms. The molecule has 0 spiro atoms. The summed E-state index contributed by atoms with van der Waals surface area (Å²) in [5, 5.41) is 17.0. The monoisotopic (exact) mass is 756 g/mol. The molecule has 0 fully saturated rings. The van der Waals surface area contributed by atoms with Crippen molar-refractivity contribution in [1.29, 1.82) is 0 Å². The minimum Gasteiger partial charge on any atom is -0.477 e. The van der Waals surface area contributed by atoms with Gasteiger partial charge in [-0.15, -0.1) is 22.7 Å². The Morgan fingerprint density at radius 1 is 0.750 bits per heavy atom. The number of nitrogens with one attached hydrogen (secondary N) is 4. The van der Waals surface area contributed by atoms with Crippen molar-refractivity contribution in [2.24, 2.45) is 33.7 Å². The normalized spacial score (nSPS) is 28.6. The van der Waals surface area contributed by atoms with E-state index in [0.29, 0.717) is 28.2 Å². The van der Waals surface area contributed by atoms with E-state index in [1.807, 2.05) is 55.4 Å². The molecule has 5 rings (SSSR count). The van der Waals surface area contributed by atoms with E-state index in [0.717, 1.165) is 12.8 Å². The molecule has 4 N–H and O–H groups in total. The molecule has 0 aliphatic carbocycles. The Balaban J connectivity index is 1.51. The lowest BCUT2D eigenvalue weighted by Gasteiger charge is -2.24. The van der Waals surface area contributed by atoms with Crippen LogP contribution in [-0.2, 0) is 25.5 Å². The van der Waals surface area contributed by atoms with Crippen LogP contribution in [0.3, 0.4) is 0 Å². The lowest BCUT2D eigenvalue weighted by molar-refractivity contribution is -0.125. The van der Waals surface area contributed by atoms with E-state index in [2.05, 4.69) is 36.2 Å². The van der Waals surface area contributed by atoms with Crippen LogP contribution in [0.15, 0.2) is 20.7 Å². The lowest BCUT2D eigenvalue weighted by Crippen LogP contribution is -2.46. The van der Waals surface area contributed by atoms with Gasteiger partial charge in [-0.2, -0.15) is 0 Å². The summed E-state index contributed by atoms with van der Waals surface area (Å²) in [6.07, 6.45) is 1.29. The molecule has 1 unspecified atom stereocenters. The minimum absolute atomic E-state index is 0.0475. The topological polar surface area (TPSA) is 185 Å². The van der Waals surface area contributed by atoms with Crippen molar-refractivity contribution in [3.8, 4) is 0 Å². The van der Waals surface area contributed by atoms with Gasteiger partial charge in [0.25, 0.3) is 11.8 Å². The summed E-state index contributed by atoms with van der Waals surface area (Å²) < 4.78 is 12.1. The maximum absolute atomic E-state index is 13.8. The van der Waals surface area contributed by atoms with Gasteiger partial charge in [0, 0.05) is 23.2 Å². The van der Waals surface area contributed by atoms with Crippen LogP contribution in [0.25, 0.3) is 0 Å². The Labute approximate surface area is 313 Å². The van der Waals surface area contributed by atoms with Gasteiger partial charge in [-0.05, 0) is 30.6 Å². The predicted octanol–water partition coefficient (Wildman–Crippen LogP) is 4.08. The fraction of sp³-hybridized carbons (Fsp3) is 0.667. The molecule has 4 amide bonds. The van der Waals surface area contributed by atoms with Crippen LogP contribution in [0.2, 0.25) is 0 Å². The van der Waals surface area contributed by atoms with Crippen LogP contribution >= 0.6 is 22.7 Å². The van der Waals surface area contributed by atoms with Gasteiger partial charge in [-0.25, -0.2) is 20.0 Å². The number of ether oxygens (including phenoxy) is 2. The zero-order chi connectivity index (χ0) is 37.9. The van der Waals surface area contributed by atoms with Crippen LogP contribution in [0.4, 0.5) is 0 Å². The number of carbonyl (C=O) groups is 4. The van der Waals surface area contributed by atoms with Gasteiger partial charge in [-0.1, -0.05) is 68.2 Å². The summed E-state index contributed by atoms with van der Waals surface area (Å²) in [6, 6.07) is -3.57. The third-order valence-corrected chi connectivity index (χ3v) is 11.9. The first-order chi connectivity index (χ1) is 24.7. The van der Waals surface area contributed by atoms with E-state index in [4.69, 9.17) is 14.5 Å². The summed E-state index contributed by atoms with van der Waals surface area (Å²) in [4.78, 5) is 73.2. The first-order valence-corrected chi connectivity index (χ1v) is 20.0. The summed E-state index contributed by atoms with van der Waals surface area (Å²) in [7, 11) is 0. The van der Waals surface area contributed by atoms with Gasteiger partial charge in [0.05, 0.1) is 11.0 Å². The highest BCUT2D eigenvalue weighted by atomic mass is 32.1. The Morgan fingerprint density at radius 3 is 1.98 bits per heavy atom. The number of rotatable bonds is 6. The van der Waals surface area contributed by atoms with Crippen LogP contribution < -0.4 is 21.3 Å². The summed E-state index contributed by atoms with van der Waals surface area (Å²) in [5.74, 6) is -0.898. The third-order valence-electron chi connectivity index (χ3n) is 10.1. The van der Waals surface area contributed by atoms with Gasteiger partial charge in [0.2, 0.25) is 23.6 Å². The number of thiazole rings is 2. The van der Waals surface area contributed by atoms with Gasteiger partial charge in [0.1, 0.15) is 41.2 Å². The number of carbonyl (C=O) groups excluding carboxylic acids is 4. The Morgan fingerprint density at radius 2 is 1.37 bits per heavy atom. The molecule has 9 atom stereocenters. The minimum atomic E-state index is -0.849. The van der Waals surface area contributed by atoms with E-state index < -0.39 is 42.2 Å². The first kappa shape index (κ1) is 39.3. The van der Waals surface area contributed by atoms with Crippen LogP contribution in [0.1, 0.15) is 112 Å². The number of amides is 4. The summed E-state index contributed by atoms with van der Waals surface area (Å²) in [6.45, 7) is 17.8. The molecular weight excluding hydrogens is 705 g/mol. The van der Waals surface area contributed by atoms with E-state index >= 15 is 0 Å². The number of hydrogen-bond acceptors (Lipinski definition) is 12. The molecule has 2 aromatic rings. The largest absolute Gasteiger partial charge is 0.477 e. The molecule has 3 aliphatic rings. The molecule has 284 valence electrons. The third kappa shape index (κ3) is 8.81. The molecule has 0 saturated carbocycles. The Kier molecular flexibility index (Phi) is 12.7. The quantitative estimate of drug-likeness (QED) is 0.340. The smallest absolute Gasteiger partial charge is 0.271 e. The zero-order valence-corrected chi connectivity index (χ0v) is 33.0. The average molecular weight is 757 g/mol. The standard InChI is InChI=1S/C36H52N8O6S2/c1-10-18(7)27-34-39-22(13-49-34)30(45)38-21(16(3)4)12-25-37-23(14-51-25)31(46)43-28(19(8)11-2)35-44-29(20(9)50-35)33(48)41-26(17(5)6)36-40-24(15-52-36)32(47)42-27/h14-22,26-29H,10-13H2,1-9H3,(H,38,45)(H,41,48)(H,42,47)(H,43,46)/t18-,19-,20+,21-,22-,26+,27?,28-,29-/m0/s1. The van der Waals surface area contributed by atoms with Crippen LogP contribution in [-0.4, -0.2) is 88.3 Å². The molecule has 3 aliphatic heterocycles. The SMILES string of the molecule is CC[C@H](C)C1NC(=O)c2csc(n2)[C@@H](C(C)C)NC(=O)[C@H]2N=C(O[C@@H]2C)[C@H]([C@@H](C)CC)NC(=O)c2csc(n2)C[C@@H](C(C)C)NC(=O)[C@@H]2COC1=N2. The highest BCUT2D eigenvalue weighted by Crippen LogP contribution is 2.28. The highest BCUT2D eigenvalue weighted by molar-refractivity contribution is 7.10. The van der Waals surface area contributed by atoms with Crippen LogP contribution in [0, 0.1) is 23.7 Å². The highest BCUT2D eigenvalue weighted by Gasteiger charge is 2.40. The Bertz CT molecular complexity index is 1690. The average Bonchev–Trinajstić information content (AvgIpc) is 3.94. The second-order valence-corrected chi connectivity index (χ2v) is 16.5. The molecule has 0 aromatic carbocycles. The second kappa shape index (κ2) is 16.8. The van der Waals surface area contributed by atoms with Crippen molar-refractivity contribution >= 4 is 58.1 Å². The van der Waals surface area contributed by atoms with Crippen molar-refractivity contribution in [2.75, 3.05) is 6.61 Å². The fourth-order valence-corrected chi connectivity index (χ4v) is 8.02. The number of nitrogens with zero attached hydrogens (tertiary/aromatic N) is 4. The van der Waals surface area contributed by atoms with E-state index in [1.54, 1.807) is 17.7 Å². The molecule has 0 radical (unpaired) electrons. The second-order valence-electron chi connectivity index (χ2n) is 14.7. The van der Waals surface area contributed by atoms with Crippen LogP contribution in [0.5, 0.6) is 0 Å². The van der Waals surface area contributed by atoms with Gasteiger partial charge >= 0.3 is 0 Å². The fourth-order valence-electron chi connectivity index (χ4n) is 6.16. The van der Waals surface area contributed by atoms with E-state index in [-0.39, 0.29) is 65.4 Å². The van der Waals surface area contributed by atoms with Crippen molar-refractivity contribution in [3.05, 3.63) is 32.2 Å². The molecule has 16 heteroatoms. The first-order valence-electron chi connectivity index (χ1n) is 18.3. The summed E-state index contributed by atoms with van der Waals surface area (Å²) in [5.41, 5.74) is 0.467. The van der Waals surface area contributed by atoms with Crippen molar-refractivity contribution in [1.82, 2.24) is 31.2 Å². The van der Waals surface area contributed by atoms with Gasteiger partial charge in [-0.3, -0.25) is 19.2 Å². The van der Waals surface area contributed by atoms with Crippen molar-refractivity contribution in [2.45, 2.75) is 124 Å². The maximum Gasteiger partial charge on any atom is 0.271 e. The van der Waals surface area contributed by atoms with Crippen molar-refractivity contribution < 1.29 is 28.7 Å². The summed E-state index contributed by atoms with van der Waals surface area (Å²) >= 11 is 2.64. The number of aromatic nitrogens is 2. The molecular formula is C36H52N8O6S2. The molecule has 14 nitrogen and oxygen atoms in total. The van der Waals surface area contributed by atoms with Gasteiger partial charge in [0.15, 0.2) is 12.1 Å². The predicted molar refractivity (Wildman–Crippen MR) is 201 cm³/mol. The van der Waals surface area contributed by atoms with E-state index in [1.165, 1.54) is 22.7 Å². The lowest BCUT2D eigenvalue weighted by atomic mass is 9.98. The van der Waals surface area contributed by atoms with E-state index in [9.17, 15) is 19.2 Å². The van der Waals surface area contributed by atoms with Gasteiger partial charge < -0.3 is 30.7 Å². The number of fused-ring (bicyclic) bond motifs is 6. The molecule has 5 heterocycles. The maximum atomic E-state index is 13.8. The molecule has 2 aromatic heterocycles. The molecule has 0 saturated heterocycles. The molecule has 8 bridgehead atoms. The zero-order valence-electron chi connectivity index (χ0n) is 31.4. The Hall–Kier alpha value is -3.92. The number of aliphatic imine (C=N–C) groups is 2. The van der Waals surface area contributed by atoms with Crippen molar-refractivity contribution in [3.63, 3.8) is 0 Å².